The fourth-order valence-electron chi connectivity index (χ4n) is 4.22. The van der Waals surface area contributed by atoms with Crippen LogP contribution in [-0.2, 0) is 16.8 Å². The van der Waals surface area contributed by atoms with Crippen molar-refractivity contribution in [2.24, 2.45) is 0 Å². The van der Waals surface area contributed by atoms with Crippen molar-refractivity contribution in [1.29, 1.82) is 0 Å². The zero-order valence-corrected chi connectivity index (χ0v) is 17.6. The number of carbonyl (C=O) groups excluding carboxylic acids is 1. The largest absolute Gasteiger partial charge is 0.454 e. The van der Waals surface area contributed by atoms with E-state index in [2.05, 4.69) is 50.5 Å². The number of nitrogens with one attached hydrogen (secondary N) is 1. The Balaban J connectivity index is 1.28. The van der Waals surface area contributed by atoms with Crippen molar-refractivity contribution >= 4 is 5.91 Å². The Morgan fingerprint density at radius 1 is 1.03 bits per heavy atom. The van der Waals surface area contributed by atoms with E-state index in [0.29, 0.717) is 13.0 Å². The van der Waals surface area contributed by atoms with Gasteiger partial charge in [0.25, 0.3) is 5.91 Å². The fraction of sp³-hybridized carbons (Fsp3) is 0.375. The molecule has 6 heteroatoms. The highest BCUT2D eigenvalue weighted by Crippen LogP contribution is 2.38. The molecule has 3 aliphatic heterocycles. The lowest BCUT2D eigenvalue weighted by atomic mass is 9.87. The SMILES string of the molecule is CC(C)(C)c1ccc(CN2C=CN3NC(c4ccc5c(c4)OCO5)CC3C2=O)cc1. The number of rotatable bonds is 3. The minimum Gasteiger partial charge on any atom is -0.454 e. The van der Waals surface area contributed by atoms with Crippen molar-refractivity contribution in [3.05, 3.63) is 71.6 Å². The van der Waals surface area contributed by atoms with Gasteiger partial charge in [-0.05, 0) is 40.7 Å². The molecule has 2 aromatic rings. The standard InChI is InChI=1S/C24H27N3O3/c1-24(2,3)18-7-4-16(5-8-18)14-26-10-11-27-20(23(26)28)13-19(25-27)17-6-9-21-22(12-17)30-15-29-21/h4-12,19-20,25H,13-15H2,1-3H3. The van der Waals surface area contributed by atoms with Gasteiger partial charge in [0.1, 0.15) is 6.04 Å². The van der Waals surface area contributed by atoms with Crippen LogP contribution < -0.4 is 14.9 Å². The summed E-state index contributed by atoms with van der Waals surface area (Å²) < 4.78 is 10.9. The van der Waals surface area contributed by atoms with E-state index in [1.54, 1.807) is 0 Å². The molecule has 2 unspecified atom stereocenters. The van der Waals surface area contributed by atoms with Crippen molar-refractivity contribution in [2.75, 3.05) is 6.79 Å². The van der Waals surface area contributed by atoms with Crippen LogP contribution in [-0.4, -0.2) is 28.7 Å². The summed E-state index contributed by atoms with van der Waals surface area (Å²) in [6, 6.07) is 14.4. The van der Waals surface area contributed by atoms with Gasteiger partial charge in [0, 0.05) is 12.4 Å². The van der Waals surface area contributed by atoms with Crippen molar-refractivity contribution in [1.82, 2.24) is 15.3 Å². The first-order valence-electron chi connectivity index (χ1n) is 10.4. The molecule has 0 bridgehead atoms. The molecular weight excluding hydrogens is 378 g/mol. The maximum absolute atomic E-state index is 13.1. The average Bonchev–Trinajstić information content (AvgIpc) is 3.36. The Bertz CT molecular complexity index is 994. The van der Waals surface area contributed by atoms with Crippen LogP contribution in [0.3, 0.4) is 0 Å². The number of hydrazine groups is 1. The van der Waals surface area contributed by atoms with Gasteiger partial charge >= 0.3 is 0 Å². The summed E-state index contributed by atoms with van der Waals surface area (Å²) in [6.07, 6.45) is 4.54. The first-order valence-corrected chi connectivity index (χ1v) is 10.4. The molecule has 1 amide bonds. The van der Waals surface area contributed by atoms with Gasteiger partial charge < -0.3 is 19.4 Å². The number of amides is 1. The zero-order valence-electron chi connectivity index (χ0n) is 17.6. The van der Waals surface area contributed by atoms with Crippen LogP contribution in [0, 0.1) is 0 Å². The molecular formula is C24H27N3O3. The van der Waals surface area contributed by atoms with Gasteiger partial charge in [-0.3, -0.25) is 4.79 Å². The van der Waals surface area contributed by atoms with E-state index in [1.165, 1.54) is 5.56 Å². The smallest absolute Gasteiger partial charge is 0.251 e. The van der Waals surface area contributed by atoms with Crippen molar-refractivity contribution in [2.45, 2.75) is 51.2 Å². The normalized spacial score (nSPS) is 22.6. The first kappa shape index (κ1) is 19.0. The number of fused-ring (bicyclic) bond motifs is 2. The highest BCUT2D eigenvalue weighted by molar-refractivity contribution is 5.84. The Morgan fingerprint density at radius 2 is 1.80 bits per heavy atom. The third kappa shape index (κ3) is 3.41. The summed E-state index contributed by atoms with van der Waals surface area (Å²) in [7, 11) is 0. The van der Waals surface area contributed by atoms with Gasteiger partial charge in [-0.1, -0.05) is 51.1 Å². The zero-order chi connectivity index (χ0) is 20.9. The molecule has 0 aliphatic carbocycles. The van der Waals surface area contributed by atoms with Gasteiger partial charge in [0.05, 0.1) is 12.6 Å². The van der Waals surface area contributed by atoms with Crippen molar-refractivity contribution in [3.8, 4) is 11.5 Å². The number of hydrogen-bond donors (Lipinski definition) is 1. The monoisotopic (exact) mass is 405 g/mol. The molecule has 0 spiro atoms. The molecule has 1 saturated heterocycles. The molecule has 1 fully saturated rings. The Kier molecular flexibility index (Phi) is 4.47. The third-order valence-electron chi connectivity index (χ3n) is 6.05. The topological polar surface area (TPSA) is 54.0 Å². The summed E-state index contributed by atoms with van der Waals surface area (Å²) in [5.41, 5.74) is 7.09. The number of nitrogens with zero attached hydrogens (tertiary/aromatic N) is 2. The van der Waals surface area contributed by atoms with Crippen LogP contribution in [0.2, 0.25) is 0 Å². The second kappa shape index (κ2) is 7.06. The van der Waals surface area contributed by atoms with Crippen LogP contribution in [0.4, 0.5) is 0 Å². The van der Waals surface area contributed by atoms with Gasteiger partial charge in [-0.2, -0.15) is 0 Å². The summed E-state index contributed by atoms with van der Waals surface area (Å²) in [5, 5.41) is 1.93. The Morgan fingerprint density at radius 3 is 2.57 bits per heavy atom. The molecule has 156 valence electrons. The number of carbonyl (C=O) groups is 1. The van der Waals surface area contributed by atoms with Gasteiger partial charge in [-0.15, -0.1) is 0 Å². The van der Waals surface area contributed by atoms with E-state index in [1.807, 2.05) is 40.5 Å². The molecule has 2 atom stereocenters. The predicted octanol–water partition coefficient (Wildman–Crippen LogP) is 3.85. The second-order valence-electron chi connectivity index (χ2n) is 9.16. The molecule has 3 heterocycles. The van der Waals surface area contributed by atoms with E-state index in [-0.39, 0.29) is 30.2 Å². The molecule has 0 radical (unpaired) electrons. The third-order valence-corrected chi connectivity index (χ3v) is 6.05. The van der Waals surface area contributed by atoms with Crippen LogP contribution in [0.15, 0.2) is 54.9 Å². The van der Waals surface area contributed by atoms with E-state index < -0.39 is 0 Å². The lowest BCUT2D eigenvalue weighted by molar-refractivity contribution is -0.134. The van der Waals surface area contributed by atoms with E-state index >= 15 is 0 Å². The van der Waals surface area contributed by atoms with Gasteiger partial charge in [0.2, 0.25) is 6.79 Å². The summed E-state index contributed by atoms with van der Waals surface area (Å²) in [4.78, 5) is 15.0. The fourth-order valence-corrected chi connectivity index (χ4v) is 4.22. The predicted molar refractivity (Wildman–Crippen MR) is 114 cm³/mol. The molecule has 6 nitrogen and oxygen atoms in total. The van der Waals surface area contributed by atoms with Crippen molar-refractivity contribution in [3.63, 3.8) is 0 Å². The average molecular weight is 405 g/mol. The quantitative estimate of drug-likeness (QED) is 0.841. The van der Waals surface area contributed by atoms with Crippen LogP contribution in [0.5, 0.6) is 11.5 Å². The van der Waals surface area contributed by atoms with Crippen LogP contribution in [0.25, 0.3) is 0 Å². The lowest BCUT2D eigenvalue weighted by Crippen LogP contribution is -2.47. The number of hydrogen-bond acceptors (Lipinski definition) is 5. The highest BCUT2D eigenvalue weighted by atomic mass is 16.7. The molecule has 1 N–H and O–H groups in total. The van der Waals surface area contributed by atoms with Crippen LogP contribution in [0.1, 0.15) is 49.9 Å². The van der Waals surface area contributed by atoms with Crippen molar-refractivity contribution < 1.29 is 14.3 Å². The minimum atomic E-state index is -0.209. The highest BCUT2D eigenvalue weighted by Gasteiger charge is 2.40. The summed E-state index contributed by atoms with van der Waals surface area (Å²) in [5.74, 6) is 1.66. The summed E-state index contributed by atoms with van der Waals surface area (Å²) >= 11 is 0. The number of ether oxygens (including phenoxy) is 2. The second-order valence-corrected chi connectivity index (χ2v) is 9.16. The van der Waals surface area contributed by atoms with Gasteiger partial charge in [-0.25, -0.2) is 5.43 Å². The Hall–Kier alpha value is -2.99. The van der Waals surface area contributed by atoms with Gasteiger partial charge in [0.15, 0.2) is 11.5 Å². The molecule has 5 rings (SSSR count). The molecule has 3 aliphatic rings. The molecule has 0 aromatic heterocycles. The summed E-state index contributed by atoms with van der Waals surface area (Å²) in [6.45, 7) is 7.46. The minimum absolute atomic E-state index is 0.0594. The van der Waals surface area contributed by atoms with E-state index in [4.69, 9.17) is 9.47 Å². The molecule has 0 saturated carbocycles. The lowest BCUT2D eigenvalue weighted by Gasteiger charge is -2.32. The van der Waals surface area contributed by atoms with E-state index in [0.717, 1.165) is 22.6 Å². The Labute approximate surface area is 177 Å². The van der Waals surface area contributed by atoms with E-state index in [9.17, 15) is 4.79 Å². The van der Waals surface area contributed by atoms with Crippen LogP contribution >= 0.6 is 0 Å². The molecule has 30 heavy (non-hydrogen) atoms. The maximum atomic E-state index is 13.1. The first-order chi connectivity index (χ1) is 14.4. The number of benzene rings is 2. The maximum Gasteiger partial charge on any atom is 0.251 e. The molecule has 2 aromatic carbocycles.